The van der Waals surface area contributed by atoms with Crippen LogP contribution in [0.5, 0.6) is 0 Å². The van der Waals surface area contributed by atoms with Crippen LogP contribution < -0.4 is 6.15 Å². The van der Waals surface area contributed by atoms with Crippen LogP contribution in [0.2, 0.25) is 0 Å². The average molecular weight is 129 g/mol. The number of rotatable bonds is 0. The van der Waals surface area contributed by atoms with Crippen LogP contribution >= 0.6 is 0 Å². The van der Waals surface area contributed by atoms with Crippen molar-refractivity contribution in [3.8, 4) is 0 Å². The molecular weight excluding hydrogens is 122 g/mol. The van der Waals surface area contributed by atoms with Crippen molar-refractivity contribution in [2.45, 2.75) is 7.43 Å². The molecule has 0 aromatic heterocycles. The Morgan fingerprint density at radius 1 is 0.750 bits per heavy atom. The van der Waals surface area contributed by atoms with E-state index in [0.29, 0.717) is 0 Å². The molecule has 0 heterocycles. The minimum atomic E-state index is 0. The van der Waals surface area contributed by atoms with E-state index in [1.807, 2.05) is 0 Å². The van der Waals surface area contributed by atoms with Gasteiger partial charge in [-0.15, -0.1) is 0 Å². The summed E-state index contributed by atoms with van der Waals surface area (Å²) in [6, 6.07) is 0. The molecule has 0 rings (SSSR count). The van der Waals surface area contributed by atoms with E-state index in [0.717, 1.165) is 0 Å². The Morgan fingerprint density at radius 2 is 0.750 bits per heavy atom. The minimum Gasteiger partial charge on any atom is -0.344 e. The summed E-state index contributed by atoms with van der Waals surface area (Å²) in [5.74, 6) is 0. The second-order valence-corrected chi connectivity index (χ2v) is 0. The molecule has 0 bridgehead atoms. The van der Waals surface area contributed by atoms with Gasteiger partial charge in [-0.1, -0.05) is 7.43 Å². The molecule has 0 aliphatic rings. The van der Waals surface area contributed by atoms with Crippen LogP contribution in [0.15, 0.2) is 0 Å². The van der Waals surface area contributed by atoms with Crippen LogP contribution in [0.4, 0.5) is 0 Å². The maximum absolute atomic E-state index is 0. The fourth-order valence-electron chi connectivity index (χ4n) is 0. The van der Waals surface area contributed by atoms with Gasteiger partial charge in [0.2, 0.25) is 0 Å². The Bertz CT molecular complexity index is 6.00. The molecule has 0 unspecified atom stereocenters. The SMILES string of the molecule is C.N.[Ti].[Ti]. The van der Waals surface area contributed by atoms with Crippen molar-refractivity contribution < 1.29 is 43.4 Å². The Hall–Kier alpha value is 1.39. The molecule has 0 fully saturated rings. The first-order chi connectivity index (χ1) is 0. The van der Waals surface area contributed by atoms with E-state index in [2.05, 4.69) is 0 Å². The van der Waals surface area contributed by atoms with Gasteiger partial charge in [0.05, 0.1) is 0 Å². The van der Waals surface area contributed by atoms with Crippen molar-refractivity contribution in [2.75, 3.05) is 0 Å². The van der Waals surface area contributed by atoms with E-state index < -0.39 is 0 Å². The zero-order valence-corrected chi connectivity index (χ0v) is 4.83. The molecule has 0 aromatic carbocycles. The summed E-state index contributed by atoms with van der Waals surface area (Å²) in [6.45, 7) is 0. The average Bonchev–Trinajstić information content (AvgIpc) is 0. The molecule has 24 valence electrons. The summed E-state index contributed by atoms with van der Waals surface area (Å²) in [5, 5.41) is 0. The molecule has 0 saturated carbocycles. The van der Waals surface area contributed by atoms with Crippen LogP contribution in [-0.2, 0) is 43.4 Å². The van der Waals surface area contributed by atoms with Gasteiger partial charge in [0.15, 0.2) is 0 Å². The molecule has 1 nitrogen and oxygen atoms in total. The monoisotopic (exact) mass is 129 g/mol. The fourth-order valence-corrected chi connectivity index (χ4v) is 0. The molecule has 0 aromatic rings. The van der Waals surface area contributed by atoms with E-state index in [-0.39, 0.29) is 57.0 Å². The molecule has 3 heteroatoms. The van der Waals surface area contributed by atoms with Crippen LogP contribution in [0.3, 0.4) is 0 Å². The maximum Gasteiger partial charge on any atom is 0 e. The summed E-state index contributed by atoms with van der Waals surface area (Å²) < 4.78 is 0. The molecule has 0 aliphatic heterocycles. The molecule has 0 spiro atoms. The standard InChI is InChI=1S/CH4.H3N.2Ti/h1H4;1H3;;. The van der Waals surface area contributed by atoms with Gasteiger partial charge in [0, 0.05) is 43.4 Å². The minimum absolute atomic E-state index is 0. The van der Waals surface area contributed by atoms with E-state index in [9.17, 15) is 0 Å². The van der Waals surface area contributed by atoms with Gasteiger partial charge in [-0.2, -0.15) is 0 Å². The number of hydrogen-bond donors (Lipinski definition) is 1. The molecule has 3 N–H and O–H groups in total. The first-order valence-electron chi connectivity index (χ1n) is 0. The molecule has 4 heavy (non-hydrogen) atoms. The molecule has 0 atom stereocenters. The molecule has 0 aliphatic carbocycles. The third-order valence-corrected chi connectivity index (χ3v) is 0. The molecule has 0 amide bonds. The molecular formula is CH7NTi2. The van der Waals surface area contributed by atoms with Gasteiger partial charge in [-0.3, -0.25) is 0 Å². The van der Waals surface area contributed by atoms with Gasteiger partial charge in [-0.25, -0.2) is 0 Å². The van der Waals surface area contributed by atoms with Crippen molar-refractivity contribution >= 4 is 0 Å². The summed E-state index contributed by atoms with van der Waals surface area (Å²) in [6.07, 6.45) is 0. The predicted molar refractivity (Wildman–Crippen MR) is 11.8 cm³/mol. The van der Waals surface area contributed by atoms with Gasteiger partial charge in [0.25, 0.3) is 0 Å². The van der Waals surface area contributed by atoms with Crippen molar-refractivity contribution in [1.82, 2.24) is 6.15 Å². The third-order valence-electron chi connectivity index (χ3n) is 0. The van der Waals surface area contributed by atoms with Crippen molar-refractivity contribution in [3.63, 3.8) is 0 Å². The second kappa shape index (κ2) is 26.1. The zero-order chi connectivity index (χ0) is 0. The Kier molecular flexibility index (Phi) is 352. The van der Waals surface area contributed by atoms with Crippen molar-refractivity contribution in [1.29, 1.82) is 0 Å². The fraction of sp³-hybridized carbons (Fsp3) is 1.00. The zero-order valence-electron chi connectivity index (χ0n) is 1.71. The van der Waals surface area contributed by atoms with Gasteiger partial charge in [0.1, 0.15) is 0 Å². The van der Waals surface area contributed by atoms with Crippen LogP contribution in [0, 0.1) is 0 Å². The number of hydrogen-bond acceptors (Lipinski definition) is 1. The summed E-state index contributed by atoms with van der Waals surface area (Å²) >= 11 is 0. The first kappa shape index (κ1) is 53.8. The quantitative estimate of drug-likeness (QED) is 0.482. The molecule has 0 radical (unpaired) electrons. The predicted octanol–water partition coefficient (Wildman–Crippen LogP) is 0.793. The van der Waals surface area contributed by atoms with Crippen molar-refractivity contribution in [2.24, 2.45) is 0 Å². The Morgan fingerprint density at radius 3 is 0.750 bits per heavy atom. The largest absolute Gasteiger partial charge is 0.344 e. The van der Waals surface area contributed by atoms with Gasteiger partial charge >= 0.3 is 0 Å². The van der Waals surface area contributed by atoms with Crippen LogP contribution in [0.1, 0.15) is 7.43 Å². The summed E-state index contributed by atoms with van der Waals surface area (Å²) in [4.78, 5) is 0. The van der Waals surface area contributed by atoms with E-state index in [1.54, 1.807) is 0 Å². The Labute approximate surface area is 56.9 Å². The van der Waals surface area contributed by atoms with Crippen molar-refractivity contribution in [3.05, 3.63) is 0 Å². The third kappa shape index (κ3) is 10.0. The van der Waals surface area contributed by atoms with Gasteiger partial charge in [-0.05, 0) is 0 Å². The Balaban J connectivity index is 0. The maximum atomic E-state index is 0. The first-order valence-corrected chi connectivity index (χ1v) is 0. The normalized spacial score (nSPS) is 0. The van der Waals surface area contributed by atoms with Crippen LogP contribution in [0.25, 0.3) is 0 Å². The van der Waals surface area contributed by atoms with E-state index in [1.165, 1.54) is 0 Å². The van der Waals surface area contributed by atoms with Crippen LogP contribution in [-0.4, -0.2) is 0 Å². The smallest absolute Gasteiger partial charge is 0 e. The van der Waals surface area contributed by atoms with E-state index >= 15 is 0 Å². The topological polar surface area (TPSA) is 35.0 Å². The van der Waals surface area contributed by atoms with Gasteiger partial charge < -0.3 is 6.15 Å². The summed E-state index contributed by atoms with van der Waals surface area (Å²) in [5.41, 5.74) is 0. The second-order valence-electron chi connectivity index (χ2n) is 0. The molecule has 0 saturated heterocycles. The van der Waals surface area contributed by atoms with E-state index in [4.69, 9.17) is 0 Å². The summed E-state index contributed by atoms with van der Waals surface area (Å²) in [7, 11) is 0.